The van der Waals surface area contributed by atoms with Crippen molar-refractivity contribution in [2.24, 2.45) is 0 Å². The number of rotatable bonds is 6. The highest BCUT2D eigenvalue weighted by atomic mass is 32.2. The van der Waals surface area contributed by atoms with Crippen LogP contribution >= 0.6 is 0 Å². The molecule has 0 unspecified atom stereocenters. The van der Waals surface area contributed by atoms with Gasteiger partial charge in [-0.2, -0.15) is 0 Å². The molecule has 34 heavy (non-hydrogen) atoms. The SMILES string of the molecule is Cc1ccc(S(=O)(=O)NC(C)(C)C)cc1C(=O)Nc1ccc(F)c(NC(=O)c2ccoc2C)c1. The molecule has 10 heteroatoms. The summed E-state index contributed by atoms with van der Waals surface area (Å²) in [7, 11) is -3.85. The Morgan fingerprint density at radius 1 is 0.912 bits per heavy atom. The zero-order valence-corrected chi connectivity index (χ0v) is 20.3. The van der Waals surface area contributed by atoms with E-state index in [1.54, 1.807) is 34.6 Å². The molecule has 3 N–H and O–H groups in total. The number of carbonyl (C=O) groups excluding carboxylic acids is 2. The van der Waals surface area contributed by atoms with Crippen LogP contribution in [0.25, 0.3) is 0 Å². The van der Waals surface area contributed by atoms with Crippen molar-refractivity contribution in [2.45, 2.75) is 45.1 Å². The standard InChI is InChI=1S/C24H26FN3O5S/c1-14-6-8-17(34(31,32)28-24(3,4)5)13-19(14)23(30)26-16-7-9-20(25)21(12-16)27-22(29)18-10-11-33-15(18)2/h6-13,28H,1-5H3,(H,26,30)(H,27,29). The van der Waals surface area contributed by atoms with E-state index in [0.717, 1.165) is 6.07 Å². The van der Waals surface area contributed by atoms with Crippen molar-refractivity contribution < 1.29 is 26.8 Å². The van der Waals surface area contributed by atoms with Gasteiger partial charge in [0.05, 0.1) is 22.4 Å². The fourth-order valence-corrected chi connectivity index (χ4v) is 4.63. The maximum atomic E-state index is 14.3. The van der Waals surface area contributed by atoms with Gasteiger partial charge in [0.2, 0.25) is 10.0 Å². The Morgan fingerprint density at radius 3 is 2.21 bits per heavy atom. The third-order valence-corrected chi connectivity index (χ3v) is 6.54. The van der Waals surface area contributed by atoms with E-state index in [2.05, 4.69) is 15.4 Å². The lowest BCUT2D eigenvalue weighted by Crippen LogP contribution is -2.40. The molecule has 0 atom stereocenters. The van der Waals surface area contributed by atoms with Gasteiger partial charge < -0.3 is 15.1 Å². The molecule has 3 rings (SSSR count). The van der Waals surface area contributed by atoms with Gasteiger partial charge >= 0.3 is 0 Å². The predicted molar refractivity (Wildman–Crippen MR) is 127 cm³/mol. The Balaban J connectivity index is 1.84. The summed E-state index contributed by atoms with van der Waals surface area (Å²) in [6, 6.07) is 9.42. The average molecular weight is 488 g/mol. The minimum Gasteiger partial charge on any atom is -0.469 e. The van der Waals surface area contributed by atoms with Gasteiger partial charge in [-0.05, 0) is 76.6 Å². The molecule has 3 aromatic rings. The van der Waals surface area contributed by atoms with Gasteiger partial charge in [-0.25, -0.2) is 17.5 Å². The van der Waals surface area contributed by atoms with E-state index in [9.17, 15) is 22.4 Å². The summed E-state index contributed by atoms with van der Waals surface area (Å²) in [6.45, 7) is 8.42. The molecule has 1 heterocycles. The second-order valence-corrected chi connectivity index (χ2v) is 10.5. The summed E-state index contributed by atoms with van der Waals surface area (Å²) in [5.74, 6) is -1.45. The molecule has 0 radical (unpaired) electrons. The number of furan rings is 1. The van der Waals surface area contributed by atoms with Crippen molar-refractivity contribution in [2.75, 3.05) is 10.6 Å². The summed E-state index contributed by atoms with van der Waals surface area (Å²) in [4.78, 5) is 25.3. The van der Waals surface area contributed by atoms with Crippen LogP contribution < -0.4 is 15.4 Å². The van der Waals surface area contributed by atoms with Crippen molar-refractivity contribution in [3.8, 4) is 0 Å². The highest BCUT2D eigenvalue weighted by molar-refractivity contribution is 7.89. The topological polar surface area (TPSA) is 118 Å². The number of benzene rings is 2. The summed E-state index contributed by atoms with van der Waals surface area (Å²) >= 11 is 0. The molecule has 0 saturated carbocycles. The first kappa shape index (κ1) is 25.1. The number of halogens is 1. The summed E-state index contributed by atoms with van der Waals surface area (Å²) in [5.41, 5.74) is 0.332. The van der Waals surface area contributed by atoms with Crippen LogP contribution in [0.5, 0.6) is 0 Å². The van der Waals surface area contributed by atoms with Crippen molar-refractivity contribution in [1.29, 1.82) is 0 Å². The van der Waals surface area contributed by atoms with E-state index in [0.29, 0.717) is 11.3 Å². The first-order chi connectivity index (χ1) is 15.8. The van der Waals surface area contributed by atoms with E-state index >= 15 is 0 Å². The second kappa shape index (κ2) is 9.40. The van der Waals surface area contributed by atoms with Crippen molar-refractivity contribution in [3.63, 3.8) is 0 Å². The Bertz CT molecular complexity index is 1360. The number of sulfonamides is 1. The Morgan fingerprint density at radius 2 is 1.59 bits per heavy atom. The minimum absolute atomic E-state index is 0.0549. The first-order valence-electron chi connectivity index (χ1n) is 10.4. The lowest BCUT2D eigenvalue weighted by molar-refractivity contribution is 0.101. The number of hydrogen-bond donors (Lipinski definition) is 3. The van der Waals surface area contributed by atoms with Gasteiger partial charge in [0.15, 0.2) is 0 Å². The Hall–Kier alpha value is -3.50. The van der Waals surface area contributed by atoms with Crippen LogP contribution in [-0.4, -0.2) is 25.8 Å². The van der Waals surface area contributed by atoms with Crippen molar-refractivity contribution in [1.82, 2.24) is 4.72 Å². The molecule has 0 aliphatic heterocycles. The molecule has 0 bridgehead atoms. The van der Waals surface area contributed by atoms with Crippen molar-refractivity contribution >= 4 is 33.2 Å². The molecule has 2 amide bonds. The van der Waals surface area contributed by atoms with Crippen LogP contribution in [0.15, 0.2) is 58.0 Å². The molecule has 8 nitrogen and oxygen atoms in total. The number of hydrogen-bond acceptors (Lipinski definition) is 5. The maximum Gasteiger partial charge on any atom is 0.259 e. The van der Waals surface area contributed by atoms with E-state index in [1.807, 2.05) is 0 Å². The highest BCUT2D eigenvalue weighted by Crippen LogP contribution is 2.23. The van der Waals surface area contributed by atoms with Crippen LogP contribution in [0.2, 0.25) is 0 Å². The number of anilines is 2. The van der Waals surface area contributed by atoms with E-state index in [4.69, 9.17) is 4.42 Å². The van der Waals surface area contributed by atoms with Crippen molar-refractivity contribution in [3.05, 3.63) is 77.0 Å². The molecular weight excluding hydrogens is 461 g/mol. The van der Waals surface area contributed by atoms with E-state index in [1.165, 1.54) is 42.7 Å². The molecule has 2 aromatic carbocycles. The molecule has 0 saturated heterocycles. The fraction of sp³-hybridized carbons (Fsp3) is 0.250. The summed E-state index contributed by atoms with van der Waals surface area (Å²) in [5, 5.41) is 5.08. The van der Waals surface area contributed by atoms with Crippen LogP contribution in [0.3, 0.4) is 0 Å². The molecule has 180 valence electrons. The molecule has 1 aromatic heterocycles. The second-order valence-electron chi connectivity index (χ2n) is 8.83. The molecule has 0 fully saturated rings. The van der Waals surface area contributed by atoms with Gasteiger partial charge in [-0.3, -0.25) is 9.59 Å². The third kappa shape index (κ3) is 5.89. The lowest BCUT2D eigenvalue weighted by Gasteiger charge is -2.20. The average Bonchev–Trinajstić information content (AvgIpc) is 3.14. The monoisotopic (exact) mass is 487 g/mol. The molecular formula is C24H26FN3O5S. The Kier molecular flexibility index (Phi) is 6.94. The molecule has 0 aliphatic carbocycles. The first-order valence-corrected chi connectivity index (χ1v) is 11.9. The van der Waals surface area contributed by atoms with Gasteiger partial charge in [-0.1, -0.05) is 6.07 Å². The highest BCUT2D eigenvalue weighted by Gasteiger charge is 2.24. The summed E-state index contributed by atoms with van der Waals surface area (Å²) in [6.07, 6.45) is 1.35. The molecule has 0 aliphatic rings. The zero-order chi connectivity index (χ0) is 25.3. The quantitative estimate of drug-likeness (QED) is 0.469. The lowest BCUT2D eigenvalue weighted by atomic mass is 10.1. The third-order valence-electron chi connectivity index (χ3n) is 4.78. The van der Waals surface area contributed by atoms with Crippen LogP contribution in [0, 0.1) is 19.7 Å². The van der Waals surface area contributed by atoms with Crippen LogP contribution in [0.4, 0.5) is 15.8 Å². The molecule has 0 spiro atoms. The Labute approximate surface area is 197 Å². The van der Waals surface area contributed by atoms with E-state index in [-0.39, 0.29) is 27.4 Å². The van der Waals surface area contributed by atoms with Gasteiger partial charge in [-0.15, -0.1) is 0 Å². The fourth-order valence-electron chi connectivity index (χ4n) is 3.18. The predicted octanol–water partition coefficient (Wildman–Crippen LogP) is 4.62. The largest absolute Gasteiger partial charge is 0.469 e. The number of amides is 2. The zero-order valence-electron chi connectivity index (χ0n) is 19.4. The smallest absolute Gasteiger partial charge is 0.259 e. The number of aryl methyl sites for hydroxylation is 2. The number of nitrogens with one attached hydrogen (secondary N) is 3. The van der Waals surface area contributed by atoms with Gasteiger partial charge in [0.1, 0.15) is 11.6 Å². The normalized spacial score (nSPS) is 11.8. The maximum absolute atomic E-state index is 14.3. The summed E-state index contributed by atoms with van der Waals surface area (Å²) < 4.78 is 47.3. The minimum atomic E-state index is -3.85. The van der Waals surface area contributed by atoms with E-state index < -0.39 is 33.2 Å². The van der Waals surface area contributed by atoms with Gasteiger partial charge in [0.25, 0.3) is 11.8 Å². The van der Waals surface area contributed by atoms with Gasteiger partial charge in [0, 0.05) is 16.8 Å². The number of carbonyl (C=O) groups is 2. The van der Waals surface area contributed by atoms with Crippen LogP contribution in [-0.2, 0) is 10.0 Å². The van der Waals surface area contributed by atoms with Crippen LogP contribution in [0.1, 0.15) is 52.8 Å².